The van der Waals surface area contributed by atoms with Gasteiger partial charge in [-0.1, -0.05) is 0 Å². The number of hydrogen-bond donors (Lipinski definition) is 2. The summed E-state index contributed by atoms with van der Waals surface area (Å²) in [4.78, 5) is 7.38. The van der Waals surface area contributed by atoms with Crippen molar-refractivity contribution < 1.29 is 14.2 Å². The highest BCUT2D eigenvalue weighted by atomic mass is 16.5. The molecule has 0 saturated heterocycles. The van der Waals surface area contributed by atoms with Crippen LogP contribution in [-0.2, 0) is 6.42 Å². The molecule has 21 heavy (non-hydrogen) atoms. The van der Waals surface area contributed by atoms with Crippen LogP contribution in [0.1, 0.15) is 17.4 Å². The Morgan fingerprint density at radius 1 is 1.14 bits per heavy atom. The van der Waals surface area contributed by atoms with Crippen molar-refractivity contribution in [1.29, 1.82) is 0 Å². The summed E-state index contributed by atoms with van der Waals surface area (Å²) in [7, 11) is 6.74. The fourth-order valence-corrected chi connectivity index (χ4v) is 2.37. The summed E-state index contributed by atoms with van der Waals surface area (Å²) in [6.07, 6.45) is 4.27. The predicted octanol–water partition coefficient (Wildman–Crippen LogP) is 1.94. The molecule has 0 aliphatic heterocycles. The van der Waals surface area contributed by atoms with Gasteiger partial charge in [-0.25, -0.2) is 4.98 Å². The van der Waals surface area contributed by atoms with Crippen LogP contribution in [0.4, 0.5) is 0 Å². The third-order valence-electron chi connectivity index (χ3n) is 3.41. The molecule has 0 saturated carbocycles. The number of methoxy groups -OCH3 is 3. The van der Waals surface area contributed by atoms with Crippen LogP contribution in [-0.4, -0.2) is 38.3 Å². The van der Waals surface area contributed by atoms with Crippen LogP contribution in [0.5, 0.6) is 17.2 Å². The molecular formula is C15H21N3O3. The van der Waals surface area contributed by atoms with E-state index in [0.717, 1.165) is 17.8 Å². The van der Waals surface area contributed by atoms with Crippen molar-refractivity contribution in [3.8, 4) is 17.2 Å². The second-order valence-electron chi connectivity index (χ2n) is 4.50. The van der Waals surface area contributed by atoms with Gasteiger partial charge in [0.2, 0.25) is 5.75 Å². The number of benzene rings is 1. The molecule has 1 aromatic carbocycles. The van der Waals surface area contributed by atoms with E-state index >= 15 is 0 Å². The Labute approximate surface area is 124 Å². The van der Waals surface area contributed by atoms with Crippen molar-refractivity contribution in [3.63, 3.8) is 0 Å². The monoisotopic (exact) mass is 291 g/mol. The summed E-state index contributed by atoms with van der Waals surface area (Å²) in [6, 6.07) is 3.90. The summed E-state index contributed by atoms with van der Waals surface area (Å²) in [5, 5.41) is 3.28. The highest BCUT2D eigenvalue weighted by molar-refractivity contribution is 5.56. The van der Waals surface area contributed by atoms with E-state index < -0.39 is 0 Å². The molecule has 0 radical (unpaired) electrons. The Bertz CT molecular complexity index is 570. The van der Waals surface area contributed by atoms with Gasteiger partial charge in [0.15, 0.2) is 11.5 Å². The number of imidazole rings is 1. The topological polar surface area (TPSA) is 68.4 Å². The Balaban J connectivity index is 2.40. The normalized spacial score (nSPS) is 12.0. The summed E-state index contributed by atoms with van der Waals surface area (Å²) < 4.78 is 16.3. The lowest BCUT2D eigenvalue weighted by Gasteiger charge is -2.21. The Kier molecular flexibility index (Phi) is 5.05. The van der Waals surface area contributed by atoms with Crippen molar-refractivity contribution in [3.05, 3.63) is 35.9 Å². The van der Waals surface area contributed by atoms with Crippen LogP contribution in [0.2, 0.25) is 0 Å². The standard InChI is InChI=1S/C15H21N3O3/c1-16-11(9-13-17-7-8-18-13)10-5-6-12(19-2)15(21-4)14(10)20-3/h5-8,11,16H,9H2,1-4H3,(H,17,18). The smallest absolute Gasteiger partial charge is 0.203 e. The minimum Gasteiger partial charge on any atom is -0.493 e. The van der Waals surface area contributed by atoms with Gasteiger partial charge < -0.3 is 24.5 Å². The molecule has 0 spiro atoms. The van der Waals surface area contributed by atoms with Crippen LogP contribution in [0.25, 0.3) is 0 Å². The fraction of sp³-hybridized carbons (Fsp3) is 0.400. The Hall–Kier alpha value is -2.21. The van der Waals surface area contributed by atoms with Crippen LogP contribution in [0.15, 0.2) is 24.5 Å². The first-order chi connectivity index (χ1) is 10.2. The average Bonchev–Trinajstić information content (AvgIpc) is 3.04. The minimum absolute atomic E-state index is 0.0471. The quantitative estimate of drug-likeness (QED) is 0.816. The fourth-order valence-electron chi connectivity index (χ4n) is 2.37. The number of ether oxygens (including phenoxy) is 3. The molecule has 1 aromatic heterocycles. The molecule has 1 heterocycles. The molecular weight excluding hydrogens is 270 g/mol. The molecule has 2 rings (SSSR count). The molecule has 1 atom stereocenters. The number of nitrogens with zero attached hydrogens (tertiary/aromatic N) is 1. The second-order valence-corrected chi connectivity index (χ2v) is 4.50. The van der Waals surface area contributed by atoms with Crippen LogP contribution in [0.3, 0.4) is 0 Å². The van der Waals surface area contributed by atoms with Crippen LogP contribution >= 0.6 is 0 Å². The number of rotatable bonds is 7. The highest BCUT2D eigenvalue weighted by Gasteiger charge is 2.22. The molecule has 0 aliphatic carbocycles. The van der Waals surface area contributed by atoms with E-state index in [1.807, 2.05) is 25.4 Å². The molecule has 1 unspecified atom stereocenters. The van der Waals surface area contributed by atoms with Crippen LogP contribution < -0.4 is 19.5 Å². The van der Waals surface area contributed by atoms with Gasteiger partial charge in [0.1, 0.15) is 5.82 Å². The average molecular weight is 291 g/mol. The lowest BCUT2D eigenvalue weighted by Crippen LogP contribution is -2.20. The van der Waals surface area contributed by atoms with Crippen molar-refractivity contribution in [2.24, 2.45) is 0 Å². The number of nitrogens with one attached hydrogen (secondary N) is 2. The molecule has 114 valence electrons. The molecule has 0 bridgehead atoms. The SMILES string of the molecule is CNC(Cc1ncc[nH]1)c1ccc(OC)c(OC)c1OC. The predicted molar refractivity (Wildman–Crippen MR) is 80.2 cm³/mol. The van der Waals surface area contributed by atoms with Crippen LogP contribution in [0, 0.1) is 0 Å². The largest absolute Gasteiger partial charge is 0.493 e. The van der Waals surface area contributed by atoms with Crippen molar-refractivity contribution in [2.75, 3.05) is 28.4 Å². The van der Waals surface area contributed by atoms with Crippen molar-refractivity contribution in [2.45, 2.75) is 12.5 Å². The lowest BCUT2D eigenvalue weighted by atomic mass is 10.0. The molecule has 2 aromatic rings. The summed E-state index contributed by atoms with van der Waals surface area (Å²) in [6.45, 7) is 0. The number of H-pyrrole nitrogens is 1. The second kappa shape index (κ2) is 6.99. The van der Waals surface area contributed by atoms with E-state index in [9.17, 15) is 0 Å². The highest BCUT2D eigenvalue weighted by Crippen LogP contribution is 2.42. The van der Waals surface area contributed by atoms with Gasteiger partial charge in [0.05, 0.1) is 21.3 Å². The third-order valence-corrected chi connectivity index (χ3v) is 3.41. The van der Waals surface area contributed by atoms with Crippen molar-refractivity contribution in [1.82, 2.24) is 15.3 Å². The lowest BCUT2D eigenvalue weighted by molar-refractivity contribution is 0.319. The number of hydrogen-bond acceptors (Lipinski definition) is 5. The van der Waals surface area contributed by atoms with E-state index in [4.69, 9.17) is 14.2 Å². The van der Waals surface area contributed by atoms with E-state index in [1.54, 1.807) is 27.5 Å². The maximum Gasteiger partial charge on any atom is 0.203 e. The molecule has 6 heteroatoms. The minimum atomic E-state index is 0.0471. The van der Waals surface area contributed by atoms with Gasteiger partial charge in [-0.15, -0.1) is 0 Å². The van der Waals surface area contributed by atoms with Crippen molar-refractivity contribution >= 4 is 0 Å². The number of aromatic amines is 1. The molecule has 6 nitrogen and oxygen atoms in total. The van der Waals surface area contributed by atoms with Gasteiger partial charge in [-0.05, 0) is 19.2 Å². The van der Waals surface area contributed by atoms with E-state index in [0.29, 0.717) is 17.2 Å². The summed E-state index contributed by atoms with van der Waals surface area (Å²) >= 11 is 0. The maximum absolute atomic E-state index is 5.54. The van der Waals surface area contributed by atoms with E-state index in [-0.39, 0.29) is 6.04 Å². The van der Waals surface area contributed by atoms with Gasteiger partial charge in [0.25, 0.3) is 0 Å². The van der Waals surface area contributed by atoms with Gasteiger partial charge in [-0.3, -0.25) is 0 Å². The first-order valence-electron chi connectivity index (χ1n) is 6.69. The first kappa shape index (κ1) is 15.2. The van der Waals surface area contributed by atoms with Gasteiger partial charge in [0, 0.05) is 30.4 Å². The zero-order valence-corrected chi connectivity index (χ0v) is 12.8. The zero-order chi connectivity index (χ0) is 15.2. The third kappa shape index (κ3) is 3.11. The molecule has 2 N–H and O–H groups in total. The first-order valence-corrected chi connectivity index (χ1v) is 6.69. The molecule has 0 aliphatic rings. The van der Waals surface area contributed by atoms with E-state index in [2.05, 4.69) is 15.3 Å². The van der Waals surface area contributed by atoms with Gasteiger partial charge in [-0.2, -0.15) is 0 Å². The summed E-state index contributed by atoms with van der Waals surface area (Å²) in [5.41, 5.74) is 0.994. The molecule has 0 fully saturated rings. The molecule has 0 amide bonds. The zero-order valence-electron chi connectivity index (χ0n) is 12.8. The number of likely N-dealkylation sites (N-methyl/N-ethyl adjacent to an activating group) is 1. The summed E-state index contributed by atoms with van der Waals surface area (Å²) in [5.74, 6) is 2.82. The van der Waals surface area contributed by atoms with E-state index in [1.165, 1.54) is 0 Å². The van der Waals surface area contributed by atoms with Gasteiger partial charge >= 0.3 is 0 Å². The number of aromatic nitrogens is 2. The Morgan fingerprint density at radius 2 is 1.90 bits per heavy atom. The maximum atomic E-state index is 5.54. The Morgan fingerprint density at radius 3 is 2.43 bits per heavy atom.